The molecule has 3 rings (SSSR count). The summed E-state index contributed by atoms with van der Waals surface area (Å²) in [7, 11) is 0. The van der Waals surface area contributed by atoms with E-state index in [-0.39, 0.29) is 5.31 Å². The lowest BCUT2D eigenvalue weighted by Gasteiger charge is -2.35. The zero-order valence-electron chi connectivity index (χ0n) is 13.7. The van der Waals surface area contributed by atoms with E-state index in [1.165, 1.54) is 21.8 Å². The number of benzene rings is 3. The third-order valence-corrected chi connectivity index (χ3v) is 5.39. The Morgan fingerprint density at radius 3 is 2.18 bits per heavy atom. The van der Waals surface area contributed by atoms with Crippen LogP contribution in [0.2, 0.25) is 6.82 Å². The van der Waals surface area contributed by atoms with Gasteiger partial charge in [0.15, 0.2) is 6.71 Å². The maximum Gasteiger partial charge on any atom is 0.183 e. The van der Waals surface area contributed by atoms with E-state index >= 15 is 0 Å². The minimum absolute atomic E-state index is 0.127. The molecule has 0 radical (unpaired) electrons. The Kier molecular flexibility index (Phi) is 4.07. The summed E-state index contributed by atoms with van der Waals surface area (Å²) in [6, 6.07) is 26.3. The fourth-order valence-electron chi connectivity index (χ4n) is 3.56. The first-order chi connectivity index (χ1) is 10.7. The molecule has 0 nitrogen and oxygen atoms in total. The van der Waals surface area contributed by atoms with Crippen LogP contribution in [0.5, 0.6) is 0 Å². The van der Waals surface area contributed by atoms with Gasteiger partial charge in [0.2, 0.25) is 0 Å². The molecular formula is C21H23B. The van der Waals surface area contributed by atoms with Gasteiger partial charge in [-0.3, -0.25) is 0 Å². The van der Waals surface area contributed by atoms with E-state index in [0.717, 1.165) is 6.42 Å². The molecule has 0 saturated heterocycles. The van der Waals surface area contributed by atoms with Gasteiger partial charge >= 0.3 is 0 Å². The first-order valence-corrected chi connectivity index (χ1v) is 8.20. The molecule has 0 aliphatic carbocycles. The Morgan fingerprint density at radius 1 is 0.818 bits per heavy atom. The Balaban J connectivity index is 2.16. The van der Waals surface area contributed by atoms with E-state index in [1.807, 2.05) is 0 Å². The van der Waals surface area contributed by atoms with Crippen LogP contribution in [0.3, 0.4) is 0 Å². The second-order valence-electron chi connectivity index (χ2n) is 6.43. The van der Waals surface area contributed by atoms with Crippen molar-refractivity contribution in [3.05, 3.63) is 78.4 Å². The lowest BCUT2D eigenvalue weighted by molar-refractivity contribution is 0.638. The molecule has 3 aromatic carbocycles. The van der Waals surface area contributed by atoms with E-state index < -0.39 is 0 Å². The smallest absolute Gasteiger partial charge is 0.0810 e. The average molecular weight is 286 g/mol. The molecule has 0 aromatic heterocycles. The van der Waals surface area contributed by atoms with Crippen molar-refractivity contribution in [3.8, 4) is 0 Å². The molecule has 3 aromatic rings. The summed E-state index contributed by atoms with van der Waals surface area (Å²) in [4.78, 5) is 0. The van der Waals surface area contributed by atoms with E-state index in [1.54, 1.807) is 0 Å². The lowest BCUT2D eigenvalue weighted by Crippen LogP contribution is -2.46. The second-order valence-corrected chi connectivity index (χ2v) is 6.43. The van der Waals surface area contributed by atoms with Gasteiger partial charge in [-0.1, -0.05) is 105 Å². The molecule has 0 spiro atoms. The van der Waals surface area contributed by atoms with Gasteiger partial charge in [0.1, 0.15) is 0 Å². The lowest BCUT2D eigenvalue weighted by atomic mass is 9.30. The highest BCUT2D eigenvalue weighted by atomic mass is 14.2. The highest BCUT2D eigenvalue weighted by Crippen LogP contribution is 2.35. The molecular weight excluding hydrogens is 263 g/mol. The summed E-state index contributed by atoms with van der Waals surface area (Å²) < 4.78 is 0. The van der Waals surface area contributed by atoms with Crippen LogP contribution in [0.15, 0.2) is 72.8 Å². The molecule has 22 heavy (non-hydrogen) atoms. The van der Waals surface area contributed by atoms with Crippen molar-refractivity contribution in [1.82, 2.24) is 0 Å². The standard InChI is InChI=1S/C21H23B/c1-4-21(2,22(3)18-13-6-5-7-14-18)20-16-10-12-17-11-8-9-15-19(17)20/h5-16H,4H2,1-3H3. The Morgan fingerprint density at radius 2 is 1.45 bits per heavy atom. The van der Waals surface area contributed by atoms with Crippen molar-refractivity contribution in [2.75, 3.05) is 0 Å². The third kappa shape index (κ3) is 2.45. The predicted octanol–water partition coefficient (Wildman–Crippen LogP) is 5.08. The summed E-state index contributed by atoms with van der Waals surface area (Å²) in [6.45, 7) is 7.55. The van der Waals surface area contributed by atoms with Gasteiger partial charge in [-0.25, -0.2) is 0 Å². The van der Waals surface area contributed by atoms with Gasteiger partial charge in [0.25, 0.3) is 0 Å². The Hall–Kier alpha value is -2.02. The molecule has 0 fully saturated rings. The largest absolute Gasteiger partial charge is 0.183 e. The number of fused-ring (bicyclic) bond motifs is 1. The first-order valence-electron chi connectivity index (χ1n) is 8.20. The molecule has 1 atom stereocenters. The van der Waals surface area contributed by atoms with Gasteiger partial charge < -0.3 is 0 Å². The minimum atomic E-state index is 0.127. The van der Waals surface area contributed by atoms with Crippen LogP contribution in [0.25, 0.3) is 10.8 Å². The van der Waals surface area contributed by atoms with Crippen LogP contribution in [0.1, 0.15) is 25.8 Å². The fraction of sp³-hybridized carbons (Fsp3) is 0.238. The van der Waals surface area contributed by atoms with Crippen LogP contribution < -0.4 is 5.46 Å². The minimum Gasteiger partial charge on any atom is -0.0810 e. The molecule has 0 bridgehead atoms. The van der Waals surface area contributed by atoms with Crippen LogP contribution >= 0.6 is 0 Å². The third-order valence-electron chi connectivity index (χ3n) is 5.39. The topological polar surface area (TPSA) is 0 Å². The Labute approximate surface area is 134 Å². The van der Waals surface area contributed by atoms with Crippen molar-refractivity contribution >= 4 is 22.9 Å². The number of hydrogen-bond acceptors (Lipinski definition) is 0. The maximum absolute atomic E-state index is 2.41. The molecule has 110 valence electrons. The van der Waals surface area contributed by atoms with Crippen molar-refractivity contribution in [2.24, 2.45) is 0 Å². The van der Waals surface area contributed by atoms with Gasteiger partial charge in [-0.2, -0.15) is 0 Å². The van der Waals surface area contributed by atoms with Crippen LogP contribution in [-0.4, -0.2) is 6.71 Å². The first kappa shape index (κ1) is 14.9. The second kappa shape index (κ2) is 6.00. The van der Waals surface area contributed by atoms with E-state index in [0.29, 0.717) is 6.71 Å². The van der Waals surface area contributed by atoms with Crippen molar-refractivity contribution in [3.63, 3.8) is 0 Å². The molecule has 1 heteroatoms. The summed E-state index contributed by atoms with van der Waals surface area (Å²) in [5, 5.41) is 2.85. The van der Waals surface area contributed by atoms with Crippen molar-refractivity contribution < 1.29 is 0 Å². The van der Waals surface area contributed by atoms with E-state index in [9.17, 15) is 0 Å². The molecule has 0 heterocycles. The van der Waals surface area contributed by atoms with Crippen LogP contribution in [0, 0.1) is 0 Å². The highest BCUT2D eigenvalue weighted by molar-refractivity contribution is 6.74. The molecule has 0 aliphatic rings. The highest BCUT2D eigenvalue weighted by Gasteiger charge is 2.36. The summed E-state index contributed by atoms with van der Waals surface area (Å²) in [5.74, 6) is 0. The number of hydrogen-bond donors (Lipinski definition) is 0. The summed E-state index contributed by atoms with van der Waals surface area (Å²) in [5.41, 5.74) is 2.88. The zero-order valence-corrected chi connectivity index (χ0v) is 13.7. The molecule has 0 aliphatic heterocycles. The van der Waals surface area contributed by atoms with Gasteiger partial charge in [0.05, 0.1) is 0 Å². The van der Waals surface area contributed by atoms with Gasteiger partial charge in [0, 0.05) is 0 Å². The molecule has 0 amide bonds. The molecule has 0 N–H and O–H groups in total. The van der Waals surface area contributed by atoms with Crippen molar-refractivity contribution in [2.45, 2.75) is 32.4 Å². The predicted molar refractivity (Wildman–Crippen MR) is 99.3 cm³/mol. The van der Waals surface area contributed by atoms with Crippen molar-refractivity contribution in [1.29, 1.82) is 0 Å². The monoisotopic (exact) mass is 286 g/mol. The van der Waals surface area contributed by atoms with Gasteiger partial charge in [-0.15, -0.1) is 0 Å². The molecule has 1 unspecified atom stereocenters. The SMILES string of the molecule is CCC(C)(B(C)c1ccccc1)c1cccc2ccccc12. The van der Waals surface area contributed by atoms with E-state index in [2.05, 4.69) is 93.5 Å². The van der Waals surface area contributed by atoms with Crippen LogP contribution in [-0.2, 0) is 5.31 Å². The normalized spacial score (nSPS) is 13.8. The van der Waals surface area contributed by atoms with Crippen LogP contribution in [0.4, 0.5) is 0 Å². The summed E-state index contributed by atoms with van der Waals surface area (Å²) >= 11 is 0. The van der Waals surface area contributed by atoms with Gasteiger partial charge in [-0.05, 0) is 21.7 Å². The molecule has 0 saturated carbocycles. The maximum atomic E-state index is 2.41. The fourth-order valence-corrected chi connectivity index (χ4v) is 3.56. The quantitative estimate of drug-likeness (QED) is 0.587. The Bertz CT molecular complexity index is 758. The summed E-state index contributed by atoms with van der Waals surface area (Å²) in [6.07, 6.45) is 1.12. The number of rotatable bonds is 4. The van der Waals surface area contributed by atoms with E-state index in [4.69, 9.17) is 0 Å². The zero-order chi connectivity index (χ0) is 15.6. The average Bonchev–Trinajstić information content (AvgIpc) is 2.60.